The molecule has 0 fully saturated rings. The molecule has 0 radical (unpaired) electrons. The predicted molar refractivity (Wildman–Crippen MR) is 76.4 cm³/mol. The van der Waals surface area contributed by atoms with E-state index in [1.54, 1.807) is 0 Å². The van der Waals surface area contributed by atoms with Crippen LogP contribution in [0.25, 0.3) is 17.3 Å². The Morgan fingerprint density at radius 1 is 1.22 bits per heavy atom. The normalized spacial score (nSPS) is 12.7. The molecule has 1 aliphatic rings. The highest BCUT2D eigenvalue weighted by molar-refractivity contribution is 5.78. The SMILES string of the molecule is CCCc1cc2c(c(-c3ccccn3)c1)C=CC2. The highest BCUT2D eigenvalue weighted by Crippen LogP contribution is 2.32. The fourth-order valence-electron chi connectivity index (χ4n) is 2.62. The molecule has 3 rings (SSSR count). The number of benzene rings is 1. The Hall–Kier alpha value is -1.89. The zero-order valence-corrected chi connectivity index (χ0v) is 10.7. The third-order valence-electron chi connectivity index (χ3n) is 3.43. The number of hydrogen-bond donors (Lipinski definition) is 0. The van der Waals surface area contributed by atoms with Gasteiger partial charge in [-0.15, -0.1) is 0 Å². The van der Waals surface area contributed by atoms with Gasteiger partial charge in [-0.2, -0.15) is 0 Å². The molecule has 1 aromatic heterocycles. The van der Waals surface area contributed by atoms with Gasteiger partial charge in [0, 0.05) is 11.8 Å². The molecular weight excluding hydrogens is 218 g/mol. The molecule has 0 amide bonds. The first-order valence-corrected chi connectivity index (χ1v) is 6.62. The van der Waals surface area contributed by atoms with Crippen LogP contribution in [0.15, 0.2) is 42.6 Å². The van der Waals surface area contributed by atoms with Crippen molar-refractivity contribution in [3.63, 3.8) is 0 Å². The summed E-state index contributed by atoms with van der Waals surface area (Å²) in [5, 5.41) is 0. The lowest BCUT2D eigenvalue weighted by Crippen LogP contribution is -1.94. The van der Waals surface area contributed by atoms with Gasteiger partial charge >= 0.3 is 0 Å². The summed E-state index contributed by atoms with van der Waals surface area (Å²) in [6.45, 7) is 2.23. The van der Waals surface area contributed by atoms with Crippen LogP contribution in [0.4, 0.5) is 0 Å². The highest BCUT2D eigenvalue weighted by atomic mass is 14.7. The maximum Gasteiger partial charge on any atom is 0.0708 e. The molecule has 0 spiro atoms. The second-order valence-corrected chi connectivity index (χ2v) is 4.79. The maximum atomic E-state index is 4.49. The van der Waals surface area contributed by atoms with Gasteiger partial charge in [0.05, 0.1) is 5.69 Å². The van der Waals surface area contributed by atoms with E-state index < -0.39 is 0 Å². The molecule has 1 nitrogen and oxygen atoms in total. The lowest BCUT2D eigenvalue weighted by Gasteiger charge is -2.11. The van der Waals surface area contributed by atoms with Gasteiger partial charge < -0.3 is 0 Å². The number of rotatable bonds is 3. The Morgan fingerprint density at radius 3 is 2.94 bits per heavy atom. The van der Waals surface area contributed by atoms with E-state index in [0.29, 0.717) is 0 Å². The largest absolute Gasteiger partial charge is 0.256 e. The Balaban J connectivity index is 2.15. The number of fused-ring (bicyclic) bond motifs is 1. The van der Waals surface area contributed by atoms with E-state index in [4.69, 9.17) is 0 Å². The van der Waals surface area contributed by atoms with Crippen molar-refractivity contribution in [3.8, 4) is 11.3 Å². The smallest absolute Gasteiger partial charge is 0.0708 e. The average molecular weight is 235 g/mol. The average Bonchev–Trinajstić information content (AvgIpc) is 2.87. The van der Waals surface area contributed by atoms with Crippen molar-refractivity contribution in [2.75, 3.05) is 0 Å². The van der Waals surface area contributed by atoms with Crippen molar-refractivity contribution in [1.29, 1.82) is 0 Å². The minimum Gasteiger partial charge on any atom is -0.256 e. The van der Waals surface area contributed by atoms with Gasteiger partial charge in [-0.1, -0.05) is 37.6 Å². The number of hydrogen-bond acceptors (Lipinski definition) is 1. The Bertz CT molecular complexity index is 582. The van der Waals surface area contributed by atoms with Crippen molar-refractivity contribution in [3.05, 3.63) is 59.3 Å². The molecular formula is C17H17N. The minimum absolute atomic E-state index is 1.06. The first-order valence-electron chi connectivity index (χ1n) is 6.62. The van der Waals surface area contributed by atoms with Crippen LogP contribution in [-0.4, -0.2) is 4.98 Å². The first kappa shape index (κ1) is 11.2. The maximum absolute atomic E-state index is 4.49. The number of pyridine rings is 1. The molecule has 0 N–H and O–H groups in total. The summed E-state index contributed by atoms with van der Waals surface area (Å²) in [4.78, 5) is 4.49. The first-order chi connectivity index (χ1) is 8.88. The van der Waals surface area contributed by atoms with Gasteiger partial charge in [0.1, 0.15) is 0 Å². The molecule has 0 atom stereocenters. The van der Waals surface area contributed by atoms with Gasteiger partial charge in [-0.3, -0.25) is 4.98 Å². The molecule has 0 saturated carbocycles. The van der Waals surface area contributed by atoms with Crippen LogP contribution in [-0.2, 0) is 12.8 Å². The van der Waals surface area contributed by atoms with Crippen molar-refractivity contribution >= 4 is 6.08 Å². The molecule has 1 aromatic carbocycles. The van der Waals surface area contributed by atoms with Gasteiger partial charge in [-0.25, -0.2) is 0 Å². The van der Waals surface area contributed by atoms with Crippen LogP contribution < -0.4 is 0 Å². The molecule has 0 bridgehead atoms. The standard InChI is InChI=1S/C17H17N/c1-2-6-13-11-14-7-5-8-15(14)16(12-13)17-9-3-4-10-18-17/h3-5,8-12H,2,6-7H2,1H3. The Kier molecular flexibility index (Phi) is 2.97. The molecule has 1 heterocycles. The Labute approximate surface area is 108 Å². The van der Waals surface area contributed by atoms with E-state index in [9.17, 15) is 0 Å². The van der Waals surface area contributed by atoms with Crippen LogP contribution in [0.2, 0.25) is 0 Å². The zero-order valence-electron chi connectivity index (χ0n) is 10.7. The second-order valence-electron chi connectivity index (χ2n) is 4.79. The summed E-state index contributed by atoms with van der Waals surface area (Å²) < 4.78 is 0. The summed E-state index contributed by atoms with van der Waals surface area (Å²) in [5.74, 6) is 0. The molecule has 1 aliphatic carbocycles. The highest BCUT2D eigenvalue weighted by Gasteiger charge is 2.13. The Morgan fingerprint density at radius 2 is 2.17 bits per heavy atom. The molecule has 1 heteroatoms. The van der Waals surface area contributed by atoms with Crippen molar-refractivity contribution in [2.45, 2.75) is 26.2 Å². The number of aromatic nitrogens is 1. The van der Waals surface area contributed by atoms with Crippen LogP contribution in [0.5, 0.6) is 0 Å². The zero-order chi connectivity index (χ0) is 12.4. The van der Waals surface area contributed by atoms with E-state index in [1.807, 2.05) is 12.3 Å². The van der Waals surface area contributed by atoms with Crippen LogP contribution >= 0.6 is 0 Å². The number of aryl methyl sites for hydroxylation is 1. The quantitative estimate of drug-likeness (QED) is 0.774. The van der Waals surface area contributed by atoms with Crippen molar-refractivity contribution < 1.29 is 0 Å². The van der Waals surface area contributed by atoms with Crippen LogP contribution in [0.3, 0.4) is 0 Å². The molecule has 0 saturated heterocycles. The van der Waals surface area contributed by atoms with Gasteiger partial charge in [-0.05, 0) is 47.7 Å². The molecule has 0 unspecified atom stereocenters. The minimum atomic E-state index is 1.06. The third kappa shape index (κ3) is 1.97. The van der Waals surface area contributed by atoms with Crippen molar-refractivity contribution in [2.24, 2.45) is 0 Å². The summed E-state index contributed by atoms with van der Waals surface area (Å²) >= 11 is 0. The fraction of sp³-hybridized carbons (Fsp3) is 0.235. The third-order valence-corrected chi connectivity index (χ3v) is 3.43. The molecule has 0 aliphatic heterocycles. The van der Waals surface area contributed by atoms with Crippen LogP contribution in [0.1, 0.15) is 30.0 Å². The number of allylic oxidation sites excluding steroid dienone is 1. The number of nitrogens with zero attached hydrogens (tertiary/aromatic N) is 1. The van der Waals surface area contributed by atoms with E-state index in [2.05, 4.69) is 48.3 Å². The second kappa shape index (κ2) is 4.77. The summed E-state index contributed by atoms with van der Waals surface area (Å²) in [7, 11) is 0. The van der Waals surface area contributed by atoms with E-state index in [-0.39, 0.29) is 0 Å². The monoisotopic (exact) mass is 235 g/mol. The predicted octanol–water partition coefficient (Wildman–Crippen LogP) is 4.27. The molecule has 90 valence electrons. The summed E-state index contributed by atoms with van der Waals surface area (Å²) in [6.07, 6.45) is 9.74. The molecule has 18 heavy (non-hydrogen) atoms. The van der Waals surface area contributed by atoms with Crippen molar-refractivity contribution in [1.82, 2.24) is 4.98 Å². The lowest BCUT2D eigenvalue weighted by molar-refractivity contribution is 0.919. The van der Waals surface area contributed by atoms with E-state index >= 15 is 0 Å². The van der Waals surface area contributed by atoms with Gasteiger partial charge in [0.2, 0.25) is 0 Å². The lowest BCUT2D eigenvalue weighted by atomic mass is 9.95. The van der Waals surface area contributed by atoms with E-state index in [1.165, 1.54) is 28.7 Å². The van der Waals surface area contributed by atoms with Gasteiger partial charge in [0.15, 0.2) is 0 Å². The van der Waals surface area contributed by atoms with Gasteiger partial charge in [0.25, 0.3) is 0 Å². The summed E-state index contributed by atoms with van der Waals surface area (Å²) in [6, 6.07) is 10.8. The topological polar surface area (TPSA) is 12.9 Å². The van der Waals surface area contributed by atoms with E-state index in [0.717, 1.165) is 18.5 Å². The van der Waals surface area contributed by atoms with Crippen LogP contribution in [0, 0.1) is 0 Å². The summed E-state index contributed by atoms with van der Waals surface area (Å²) in [5.41, 5.74) is 6.60. The molecule has 2 aromatic rings. The fourth-order valence-corrected chi connectivity index (χ4v) is 2.62.